The molecule has 0 unspecified atom stereocenters. The van der Waals surface area contributed by atoms with E-state index in [0.29, 0.717) is 0 Å². The van der Waals surface area contributed by atoms with Crippen LogP contribution in [0.2, 0.25) is 10.0 Å². The molecule has 0 aliphatic rings. The van der Waals surface area contributed by atoms with Crippen molar-refractivity contribution < 1.29 is 19.2 Å². The van der Waals surface area contributed by atoms with Crippen molar-refractivity contribution in [2.24, 2.45) is 0 Å². The van der Waals surface area contributed by atoms with Crippen LogP contribution in [-0.4, -0.2) is 23.4 Å². The van der Waals surface area contributed by atoms with Gasteiger partial charge in [0.2, 0.25) is 0 Å². The van der Waals surface area contributed by atoms with Crippen molar-refractivity contribution in [3.63, 3.8) is 0 Å². The molecule has 0 aliphatic heterocycles. The second-order valence-corrected chi connectivity index (χ2v) is 5.61. The predicted octanol–water partition coefficient (Wildman–Crippen LogP) is 4.33. The average Bonchev–Trinajstić information content (AvgIpc) is 2.56. The monoisotopic (exact) mass is 382 g/mol. The summed E-state index contributed by atoms with van der Waals surface area (Å²) in [5, 5.41) is 13.5. The smallest absolute Gasteiger partial charge is 0.338 e. The van der Waals surface area contributed by atoms with Gasteiger partial charge in [0, 0.05) is 11.6 Å². The molecule has 1 N–H and O–H groups in total. The minimum atomic E-state index is -0.680. The van der Waals surface area contributed by atoms with E-state index in [9.17, 15) is 19.7 Å². The van der Waals surface area contributed by atoms with Crippen LogP contribution in [0.25, 0.3) is 0 Å². The lowest BCUT2D eigenvalue weighted by Gasteiger charge is -2.09. The molecular formula is C16H12Cl2N2O5. The third-order valence-corrected chi connectivity index (χ3v) is 3.77. The molecule has 7 nitrogen and oxygen atoms in total. The quantitative estimate of drug-likeness (QED) is 0.471. The summed E-state index contributed by atoms with van der Waals surface area (Å²) >= 11 is 11.8. The van der Waals surface area contributed by atoms with Gasteiger partial charge in [0.15, 0.2) is 0 Å². The van der Waals surface area contributed by atoms with Gasteiger partial charge in [-0.25, -0.2) is 4.79 Å². The van der Waals surface area contributed by atoms with Crippen LogP contribution < -0.4 is 5.32 Å². The summed E-state index contributed by atoms with van der Waals surface area (Å²) < 4.78 is 4.86. The summed E-state index contributed by atoms with van der Waals surface area (Å²) in [5.74, 6) is -1.14. The predicted molar refractivity (Wildman–Crippen MR) is 93.5 cm³/mol. The van der Waals surface area contributed by atoms with Crippen LogP contribution >= 0.6 is 23.2 Å². The molecule has 0 saturated carbocycles. The number of carbonyl (C=O) groups excluding carboxylic acids is 2. The Hall–Kier alpha value is -2.64. The molecule has 25 heavy (non-hydrogen) atoms. The van der Waals surface area contributed by atoms with Crippen LogP contribution in [0, 0.1) is 10.1 Å². The van der Waals surface area contributed by atoms with Crippen molar-refractivity contribution in [3.05, 3.63) is 67.7 Å². The van der Waals surface area contributed by atoms with Crippen molar-refractivity contribution in [2.75, 3.05) is 11.9 Å². The van der Waals surface area contributed by atoms with E-state index in [0.717, 1.165) is 6.07 Å². The zero-order valence-electron chi connectivity index (χ0n) is 12.9. The number of carbonyl (C=O) groups is 2. The second kappa shape index (κ2) is 7.96. The lowest BCUT2D eigenvalue weighted by atomic mass is 10.1. The van der Waals surface area contributed by atoms with Crippen molar-refractivity contribution >= 4 is 46.5 Å². The van der Waals surface area contributed by atoms with E-state index >= 15 is 0 Å². The number of hydrogen-bond acceptors (Lipinski definition) is 5. The zero-order valence-corrected chi connectivity index (χ0v) is 14.4. The Morgan fingerprint density at radius 2 is 1.80 bits per heavy atom. The number of rotatable bonds is 5. The second-order valence-electron chi connectivity index (χ2n) is 4.79. The number of halogens is 2. The van der Waals surface area contributed by atoms with Gasteiger partial charge >= 0.3 is 5.97 Å². The van der Waals surface area contributed by atoms with Gasteiger partial charge in [-0.3, -0.25) is 14.9 Å². The molecule has 0 saturated heterocycles. The molecule has 2 aromatic rings. The number of nitro groups is 1. The molecule has 0 fully saturated rings. The van der Waals surface area contributed by atoms with Gasteiger partial charge in [0.25, 0.3) is 11.6 Å². The van der Waals surface area contributed by atoms with Crippen LogP contribution in [0.3, 0.4) is 0 Å². The fraction of sp³-hybridized carbons (Fsp3) is 0.125. The first-order valence-electron chi connectivity index (χ1n) is 7.05. The minimum Gasteiger partial charge on any atom is -0.462 e. The zero-order chi connectivity index (χ0) is 18.6. The summed E-state index contributed by atoms with van der Waals surface area (Å²) in [6.07, 6.45) is 0. The Bertz CT molecular complexity index is 854. The van der Waals surface area contributed by atoms with Crippen molar-refractivity contribution in [3.8, 4) is 0 Å². The molecule has 1 amide bonds. The summed E-state index contributed by atoms with van der Waals surface area (Å²) in [5.41, 5.74) is 0.156. The molecule has 0 atom stereocenters. The first-order valence-corrected chi connectivity index (χ1v) is 7.81. The number of nitro benzene ring substituents is 1. The summed E-state index contributed by atoms with van der Waals surface area (Å²) in [6.45, 7) is 1.91. The van der Waals surface area contributed by atoms with Crippen LogP contribution in [0.15, 0.2) is 36.4 Å². The number of hydrogen-bond donors (Lipinski definition) is 1. The van der Waals surface area contributed by atoms with Gasteiger partial charge in [-0.05, 0) is 37.3 Å². The fourth-order valence-corrected chi connectivity index (χ4v) is 2.36. The highest BCUT2D eigenvalue weighted by Crippen LogP contribution is 2.27. The Balaban J connectivity index is 2.22. The molecule has 0 aromatic heterocycles. The Morgan fingerprint density at radius 3 is 2.40 bits per heavy atom. The van der Waals surface area contributed by atoms with Crippen LogP contribution in [-0.2, 0) is 4.74 Å². The number of esters is 1. The Morgan fingerprint density at radius 1 is 1.12 bits per heavy atom. The van der Waals surface area contributed by atoms with Gasteiger partial charge in [-0.1, -0.05) is 23.2 Å². The minimum absolute atomic E-state index is 0.0432. The van der Waals surface area contributed by atoms with E-state index in [1.54, 1.807) is 6.92 Å². The van der Waals surface area contributed by atoms with Gasteiger partial charge < -0.3 is 10.1 Å². The highest BCUT2D eigenvalue weighted by molar-refractivity contribution is 6.34. The van der Waals surface area contributed by atoms with E-state index in [-0.39, 0.29) is 39.2 Å². The van der Waals surface area contributed by atoms with Crippen LogP contribution in [0.4, 0.5) is 11.4 Å². The Labute approximate surface area is 152 Å². The molecule has 2 aromatic carbocycles. The van der Waals surface area contributed by atoms with E-state index in [4.69, 9.17) is 27.9 Å². The third-order valence-electron chi connectivity index (χ3n) is 3.13. The molecule has 0 heterocycles. The maximum Gasteiger partial charge on any atom is 0.338 e. The Kier molecular flexibility index (Phi) is 5.95. The number of amides is 1. The summed E-state index contributed by atoms with van der Waals surface area (Å²) in [4.78, 5) is 34.1. The summed E-state index contributed by atoms with van der Waals surface area (Å²) in [7, 11) is 0. The molecule has 0 bridgehead atoms. The van der Waals surface area contributed by atoms with E-state index in [2.05, 4.69) is 5.32 Å². The van der Waals surface area contributed by atoms with E-state index in [1.165, 1.54) is 30.3 Å². The highest BCUT2D eigenvalue weighted by atomic mass is 35.5. The molecule has 2 rings (SSSR count). The van der Waals surface area contributed by atoms with E-state index in [1.807, 2.05) is 0 Å². The first-order chi connectivity index (χ1) is 11.8. The molecule has 0 spiro atoms. The number of ether oxygens (including phenoxy) is 1. The fourth-order valence-electron chi connectivity index (χ4n) is 1.95. The molecule has 130 valence electrons. The maximum absolute atomic E-state index is 12.2. The van der Waals surface area contributed by atoms with Gasteiger partial charge in [-0.15, -0.1) is 0 Å². The third kappa shape index (κ3) is 4.46. The number of anilines is 1. The molecule has 9 heteroatoms. The summed E-state index contributed by atoms with van der Waals surface area (Å²) in [6, 6.07) is 7.93. The lowest BCUT2D eigenvalue weighted by molar-refractivity contribution is -0.384. The first kappa shape index (κ1) is 18.7. The van der Waals surface area contributed by atoms with Crippen molar-refractivity contribution in [1.29, 1.82) is 0 Å². The number of nitrogens with zero attached hydrogens (tertiary/aromatic N) is 1. The highest BCUT2D eigenvalue weighted by Gasteiger charge is 2.17. The number of benzene rings is 2. The van der Waals surface area contributed by atoms with Crippen LogP contribution in [0.1, 0.15) is 27.6 Å². The molecular weight excluding hydrogens is 371 g/mol. The SMILES string of the molecule is CCOC(=O)c1ccc(NC(=O)c2ccc(Cl)c([N+](=O)[O-])c2)c(Cl)c1. The van der Waals surface area contributed by atoms with Gasteiger partial charge in [-0.2, -0.15) is 0 Å². The molecule has 0 aliphatic carbocycles. The lowest BCUT2D eigenvalue weighted by Crippen LogP contribution is -2.13. The van der Waals surface area contributed by atoms with Crippen molar-refractivity contribution in [2.45, 2.75) is 6.92 Å². The molecule has 0 radical (unpaired) electrons. The normalized spacial score (nSPS) is 10.2. The van der Waals surface area contributed by atoms with Crippen molar-refractivity contribution in [1.82, 2.24) is 0 Å². The number of nitrogens with one attached hydrogen (secondary N) is 1. The van der Waals surface area contributed by atoms with Crippen LogP contribution in [0.5, 0.6) is 0 Å². The standard InChI is InChI=1S/C16H12Cl2N2O5/c1-2-25-16(22)10-4-6-13(12(18)7-10)19-15(21)9-3-5-11(17)14(8-9)20(23)24/h3-8H,2H2,1H3,(H,19,21). The largest absolute Gasteiger partial charge is 0.462 e. The van der Waals surface area contributed by atoms with E-state index < -0.39 is 16.8 Å². The van der Waals surface area contributed by atoms with Gasteiger partial charge in [0.05, 0.1) is 27.8 Å². The maximum atomic E-state index is 12.2. The van der Waals surface area contributed by atoms with Gasteiger partial charge in [0.1, 0.15) is 5.02 Å². The topological polar surface area (TPSA) is 98.5 Å². The average molecular weight is 383 g/mol.